The summed E-state index contributed by atoms with van der Waals surface area (Å²) >= 11 is 0. The van der Waals surface area contributed by atoms with Crippen LogP contribution in [0.3, 0.4) is 0 Å². The van der Waals surface area contributed by atoms with E-state index in [1.807, 2.05) is 0 Å². The molecule has 0 unspecified atom stereocenters. The highest BCUT2D eigenvalue weighted by Gasteiger charge is 2.20. The third-order valence-corrected chi connectivity index (χ3v) is 5.15. The van der Waals surface area contributed by atoms with Gasteiger partial charge in [-0.05, 0) is 32.5 Å². The van der Waals surface area contributed by atoms with Gasteiger partial charge in [0.15, 0.2) is 8.32 Å². The first-order valence-electron chi connectivity index (χ1n) is 5.68. The van der Waals surface area contributed by atoms with E-state index in [-0.39, 0.29) is 13.0 Å². The first kappa shape index (κ1) is 15.3. The summed E-state index contributed by atoms with van der Waals surface area (Å²) in [4.78, 5) is 22.2. The van der Waals surface area contributed by atoms with Crippen molar-refractivity contribution in [2.45, 2.75) is 45.3 Å². The Morgan fingerprint density at radius 1 is 1.19 bits per heavy atom. The van der Waals surface area contributed by atoms with Crippen molar-refractivity contribution >= 4 is 20.1 Å². The van der Waals surface area contributed by atoms with Gasteiger partial charge < -0.3 is 9.16 Å². The second-order valence-electron chi connectivity index (χ2n) is 4.31. The highest BCUT2D eigenvalue weighted by molar-refractivity contribution is 6.71. The van der Waals surface area contributed by atoms with Gasteiger partial charge in [0.2, 0.25) is 5.78 Å². The SMILES string of the molecule is CCOC(=O)C(=O)CCCC[Si](C)(C)OC. The minimum absolute atomic E-state index is 0.258. The molecule has 0 aromatic carbocycles. The molecule has 0 saturated heterocycles. The third-order valence-electron chi connectivity index (χ3n) is 2.49. The van der Waals surface area contributed by atoms with Crippen LogP contribution in [-0.4, -0.2) is 33.8 Å². The molecule has 0 saturated carbocycles. The molecule has 0 amide bonds. The fourth-order valence-electron chi connectivity index (χ4n) is 1.25. The van der Waals surface area contributed by atoms with Crippen molar-refractivity contribution in [1.29, 1.82) is 0 Å². The molecule has 0 heterocycles. The van der Waals surface area contributed by atoms with E-state index < -0.39 is 20.1 Å². The molecule has 0 aromatic heterocycles. The lowest BCUT2D eigenvalue weighted by Gasteiger charge is -2.19. The van der Waals surface area contributed by atoms with E-state index in [1.165, 1.54) is 0 Å². The number of unbranched alkanes of at least 4 members (excludes halogenated alkanes) is 1. The standard InChI is InChI=1S/C11H22O4Si/c1-5-15-11(13)10(12)8-6-7-9-16(3,4)14-2/h5-9H2,1-4H3. The minimum atomic E-state index is -1.52. The molecule has 0 aliphatic heterocycles. The largest absolute Gasteiger partial charge is 0.460 e. The molecule has 4 nitrogen and oxygen atoms in total. The second kappa shape index (κ2) is 7.57. The summed E-state index contributed by atoms with van der Waals surface area (Å²) in [5.41, 5.74) is 0. The van der Waals surface area contributed by atoms with E-state index in [1.54, 1.807) is 14.0 Å². The van der Waals surface area contributed by atoms with Crippen LogP contribution in [0.25, 0.3) is 0 Å². The van der Waals surface area contributed by atoms with Crippen molar-refractivity contribution in [1.82, 2.24) is 0 Å². The molecule has 0 N–H and O–H groups in total. The molecule has 0 atom stereocenters. The molecule has 0 radical (unpaired) electrons. The maximum Gasteiger partial charge on any atom is 0.374 e. The zero-order valence-corrected chi connectivity index (χ0v) is 11.7. The number of Topliss-reactive ketones (excluding diaryl/α,β-unsaturated/α-hetero) is 1. The second-order valence-corrected chi connectivity index (χ2v) is 8.74. The van der Waals surface area contributed by atoms with Crippen LogP contribution >= 0.6 is 0 Å². The molecule has 5 heteroatoms. The number of carbonyl (C=O) groups is 2. The Labute approximate surface area is 98.4 Å². The highest BCUT2D eigenvalue weighted by Crippen LogP contribution is 2.15. The predicted molar refractivity (Wildman–Crippen MR) is 64.8 cm³/mol. The van der Waals surface area contributed by atoms with E-state index in [2.05, 4.69) is 17.8 Å². The van der Waals surface area contributed by atoms with Crippen LogP contribution in [0.15, 0.2) is 0 Å². The Bertz CT molecular complexity index is 238. The fourth-order valence-corrected chi connectivity index (χ4v) is 2.56. The summed E-state index contributed by atoms with van der Waals surface area (Å²) < 4.78 is 10.0. The van der Waals surface area contributed by atoms with Crippen molar-refractivity contribution in [2.75, 3.05) is 13.7 Å². The quantitative estimate of drug-likeness (QED) is 0.285. The molecule has 0 spiro atoms. The Morgan fingerprint density at radius 2 is 1.81 bits per heavy atom. The smallest absolute Gasteiger partial charge is 0.374 e. The van der Waals surface area contributed by atoms with E-state index in [0.717, 1.165) is 18.9 Å². The lowest BCUT2D eigenvalue weighted by Crippen LogP contribution is -2.28. The number of ketones is 1. The molecule has 0 rings (SSSR count). The lowest BCUT2D eigenvalue weighted by molar-refractivity contribution is -0.153. The molecule has 0 aromatic rings. The van der Waals surface area contributed by atoms with Crippen LogP contribution in [0.4, 0.5) is 0 Å². The van der Waals surface area contributed by atoms with Crippen molar-refractivity contribution in [2.24, 2.45) is 0 Å². The zero-order valence-electron chi connectivity index (χ0n) is 10.7. The topological polar surface area (TPSA) is 52.6 Å². The Balaban J connectivity index is 3.67. The Hall–Kier alpha value is -0.683. The molecular weight excluding hydrogens is 224 g/mol. The van der Waals surface area contributed by atoms with Gasteiger partial charge in [0.05, 0.1) is 6.61 Å². The average molecular weight is 246 g/mol. The third kappa shape index (κ3) is 6.74. The monoisotopic (exact) mass is 246 g/mol. The van der Waals surface area contributed by atoms with Crippen LogP contribution in [0.2, 0.25) is 19.1 Å². The van der Waals surface area contributed by atoms with Crippen LogP contribution in [0, 0.1) is 0 Å². The normalized spacial score (nSPS) is 11.2. The van der Waals surface area contributed by atoms with Gasteiger partial charge in [-0.1, -0.05) is 6.42 Å². The molecule has 0 fully saturated rings. The van der Waals surface area contributed by atoms with Crippen molar-refractivity contribution in [3.63, 3.8) is 0 Å². The molecule has 16 heavy (non-hydrogen) atoms. The number of hydrogen-bond donors (Lipinski definition) is 0. The van der Waals surface area contributed by atoms with Crippen molar-refractivity contribution in [3.8, 4) is 0 Å². The number of hydrogen-bond acceptors (Lipinski definition) is 4. The summed E-state index contributed by atoms with van der Waals surface area (Å²) in [6, 6.07) is 1.01. The van der Waals surface area contributed by atoms with Crippen LogP contribution in [0.5, 0.6) is 0 Å². The van der Waals surface area contributed by atoms with Crippen molar-refractivity contribution in [3.05, 3.63) is 0 Å². The molecule has 0 aliphatic rings. The summed E-state index contributed by atoms with van der Waals surface area (Å²) in [7, 11) is 0.213. The molecular formula is C11H22O4Si. The van der Waals surface area contributed by atoms with E-state index in [0.29, 0.717) is 0 Å². The number of rotatable bonds is 8. The van der Waals surface area contributed by atoms with Gasteiger partial charge in [-0.3, -0.25) is 4.79 Å². The minimum Gasteiger partial charge on any atom is -0.460 e. The molecule has 0 bridgehead atoms. The van der Waals surface area contributed by atoms with Gasteiger partial charge in [0, 0.05) is 13.5 Å². The van der Waals surface area contributed by atoms with E-state index >= 15 is 0 Å². The first-order valence-corrected chi connectivity index (χ1v) is 8.79. The number of carbonyl (C=O) groups excluding carboxylic acids is 2. The van der Waals surface area contributed by atoms with Gasteiger partial charge in [-0.2, -0.15) is 0 Å². The first-order chi connectivity index (χ1) is 7.43. The van der Waals surface area contributed by atoms with Crippen LogP contribution in [-0.2, 0) is 18.8 Å². The Kier molecular flexibility index (Phi) is 7.24. The number of esters is 1. The van der Waals surface area contributed by atoms with Crippen LogP contribution in [0.1, 0.15) is 26.2 Å². The highest BCUT2D eigenvalue weighted by atomic mass is 28.4. The van der Waals surface area contributed by atoms with Gasteiger partial charge in [0.1, 0.15) is 0 Å². The van der Waals surface area contributed by atoms with Gasteiger partial charge in [0.25, 0.3) is 0 Å². The van der Waals surface area contributed by atoms with E-state index in [4.69, 9.17) is 4.43 Å². The van der Waals surface area contributed by atoms with Crippen molar-refractivity contribution < 1.29 is 18.8 Å². The zero-order chi connectivity index (χ0) is 12.6. The van der Waals surface area contributed by atoms with Gasteiger partial charge in [-0.25, -0.2) is 4.79 Å². The summed E-state index contributed by atoms with van der Waals surface area (Å²) in [5, 5.41) is 0. The average Bonchev–Trinajstić information content (AvgIpc) is 2.24. The predicted octanol–water partition coefficient (Wildman–Crippen LogP) is 2.14. The summed E-state index contributed by atoms with van der Waals surface area (Å²) in [5.74, 6) is -1.12. The lowest BCUT2D eigenvalue weighted by atomic mass is 10.2. The molecule has 94 valence electrons. The summed E-state index contributed by atoms with van der Waals surface area (Å²) in [6.07, 6.45) is 1.95. The summed E-state index contributed by atoms with van der Waals surface area (Å²) in [6.45, 7) is 6.23. The maximum absolute atomic E-state index is 11.2. The maximum atomic E-state index is 11.2. The molecule has 0 aliphatic carbocycles. The van der Waals surface area contributed by atoms with Crippen LogP contribution < -0.4 is 0 Å². The van der Waals surface area contributed by atoms with Gasteiger partial charge >= 0.3 is 5.97 Å². The fraction of sp³-hybridized carbons (Fsp3) is 0.818. The van der Waals surface area contributed by atoms with E-state index in [9.17, 15) is 9.59 Å². The Morgan fingerprint density at radius 3 is 2.31 bits per heavy atom. The van der Waals surface area contributed by atoms with Gasteiger partial charge in [-0.15, -0.1) is 0 Å². The number of ether oxygens (including phenoxy) is 1.